The predicted molar refractivity (Wildman–Crippen MR) is 139 cm³/mol. The van der Waals surface area contributed by atoms with Crippen LogP contribution in [0.5, 0.6) is 5.75 Å². The Balaban J connectivity index is 1.37. The molecule has 0 unspecified atom stereocenters. The summed E-state index contributed by atoms with van der Waals surface area (Å²) in [4.78, 5) is 34.3. The minimum atomic E-state index is -0.211. The van der Waals surface area contributed by atoms with Crippen LogP contribution >= 0.6 is 11.3 Å². The first-order valence-electron chi connectivity index (χ1n) is 12.6. The van der Waals surface area contributed by atoms with Gasteiger partial charge >= 0.3 is 0 Å². The minimum absolute atomic E-state index is 0.0592. The number of ether oxygens (including phenoxy) is 1. The van der Waals surface area contributed by atoms with Crippen LogP contribution in [0.2, 0.25) is 0 Å². The van der Waals surface area contributed by atoms with Crippen LogP contribution in [0.4, 0.5) is 0 Å². The second-order valence-corrected chi connectivity index (χ2v) is 12.2. The van der Waals surface area contributed by atoms with Crippen LogP contribution < -0.4 is 4.74 Å². The average molecular weight is 511 g/mol. The van der Waals surface area contributed by atoms with Crippen molar-refractivity contribution in [2.75, 3.05) is 19.7 Å². The van der Waals surface area contributed by atoms with Crippen molar-refractivity contribution >= 4 is 33.9 Å². The molecule has 1 spiro atoms. The van der Waals surface area contributed by atoms with Gasteiger partial charge in [0.15, 0.2) is 5.78 Å². The topological polar surface area (TPSA) is 97.6 Å². The first kappa shape index (κ1) is 24.9. The molecule has 1 fully saturated rings. The van der Waals surface area contributed by atoms with Crippen molar-refractivity contribution in [2.24, 2.45) is 12.5 Å². The molecule has 1 aliphatic carbocycles. The molecule has 0 saturated carbocycles. The number of aromatic nitrogens is 3. The molecule has 2 aromatic heterocycles. The molecule has 0 radical (unpaired) electrons. The Hall–Kier alpha value is -2.78. The van der Waals surface area contributed by atoms with E-state index >= 15 is 0 Å². The summed E-state index contributed by atoms with van der Waals surface area (Å²) in [5, 5.41) is 15.9. The van der Waals surface area contributed by atoms with Gasteiger partial charge in [0, 0.05) is 47.8 Å². The Bertz CT molecular complexity index is 1340. The smallest absolute Gasteiger partial charge is 0.254 e. The van der Waals surface area contributed by atoms with E-state index in [0.29, 0.717) is 48.8 Å². The first-order chi connectivity index (χ1) is 17.0. The number of thiazole rings is 1. The Kier molecular flexibility index (Phi) is 6.19. The third-order valence-electron chi connectivity index (χ3n) is 7.46. The van der Waals surface area contributed by atoms with E-state index in [-0.39, 0.29) is 29.1 Å². The third-order valence-corrected chi connectivity index (χ3v) is 8.94. The number of rotatable bonds is 4. The summed E-state index contributed by atoms with van der Waals surface area (Å²) in [6.07, 6.45) is 2.95. The summed E-state index contributed by atoms with van der Waals surface area (Å²) in [5.74, 6) is 0.672. The molecule has 2 aliphatic rings. The average Bonchev–Trinajstić information content (AvgIpc) is 3.41. The summed E-state index contributed by atoms with van der Waals surface area (Å²) in [5.41, 5.74) is 2.32. The van der Waals surface area contributed by atoms with Crippen molar-refractivity contribution in [1.82, 2.24) is 19.7 Å². The predicted octanol–water partition coefficient (Wildman–Crippen LogP) is 4.27. The van der Waals surface area contributed by atoms with E-state index in [2.05, 4.69) is 25.9 Å². The number of ketones is 1. The lowest BCUT2D eigenvalue weighted by atomic mass is 9.68. The Morgan fingerprint density at radius 2 is 1.94 bits per heavy atom. The quantitative estimate of drug-likeness (QED) is 0.563. The first-order valence-corrected chi connectivity index (χ1v) is 13.4. The molecule has 0 atom stereocenters. The number of hydrogen-bond donors (Lipinski definition) is 1. The maximum Gasteiger partial charge on any atom is 0.254 e. The van der Waals surface area contributed by atoms with Gasteiger partial charge in [-0.3, -0.25) is 14.3 Å². The van der Waals surface area contributed by atoms with Gasteiger partial charge in [-0.05, 0) is 43.7 Å². The maximum atomic E-state index is 13.6. The van der Waals surface area contributed by atoms with Crippen molar-refractivity contribution in [1.29, 1.82) is 0 Å². The van der Waals surface area contributed by atoms with E-state index in [1.807, 2.05) is 17.9 Å². The van der Waals surface area contributed by atoms with E-state index in [1.165, 1.54) is 0 Å². The van der Waals surface area contributed by atoms with Gasteiger partial charge < -0.3 is 14.7 Å². The van der Waals surface area contributed by atoms with E-state index in [4.69, 9.17) is 9.72 Å². The van der Waals surface area contributed by atoms with Crippen LogP contribution in [0.1, 0.15) is 83.4 Å². The molecule has 36 heavy (non-hydrogen) atoms. The van der Waals surface area contributed by atoms with Crippen LogP contribution in [-0.4, -0.2) is 56.2 Å². The lowest BCUT2D eigenvalue weighted by molar-refractivity contribution is 0.0521. The highest BCUT2D eigenvalue weighted by atomic mass is 32.1. The molecule has 0 bridgehead atoms. The normalized spacial score (nSPS) is 17.6. The second-order valence-electron chi connectivity index (χ2n) is 11.1. The molecule has 1 N–H and O–H groups in total. The van der Waals surface area contributed by atoms with Crippen LogP contribution in [0.15, 0.2) is 12.1 Å². The van der Waals surface area contributed by atoms with Gasteiger partial charge in [0.1, 0.15) is 17.0 Å². The minimum Gasteiger partial charge on any atom is -0.492 e. The molecule has 9 heteroatoms. The number of hydrogen-bond acceptors (Lipinski definition) is 7. The number of benzene rings is 1. The maximum absolute atomic E-state index is 13.6. The van der Waals surface area contributed by atoms with E-state index in [0.717, 1.165) is 40.1 Å². The lowest BCUT2D eigenvalue weighted by Gasteiger charge is -2.43. The van der Waals surface area contributed by atoms with Gasteiger partial charge in [-0.15, -0.1) is 11.3 Å². The largest absolute Gasteiger partial charge is 0.492 e. The molecule has 1 saturated heterocycles. The molecule has 1 aromatic carbocycles. The number of fused-ring (bicyclic) bond motifs is 2. The third kappa shape index (κ3) is 4.22. The highest BCUT2D eigenvalue weighted by Crippen LogP contribution is 2.46. The van der Waals surface area contributed by atoms with E-state index in [1.54, 1.807) is 29.1 Å². The number of piperidine rings is 1. The van der Waals surface area contributed by atoms with Crippen LogP contribution in [0.25, 0.3) is 10.9 Å². The van der Waals surface area contributed by atoms with Crippen molar-refractivity contribution in [3.63, 3.8) is 0 Å². The zero-order valence-electron chi connectivity index (χ0n) is 21.7. The van der Waals surface area contributed by atoms with Gasteiger partial charge in [0.25, 0.3) is 5.91 Å². The summed E-state index contributed by atoms with van der Waals surface area (Å²) in [6, 6.07) is 3.59. The molecule has 3 aromatic rings. The fraction of sp³-hybridized carbons (Fsp3) is 0.556. The molecule has 3 heterocycles. The number of amides is 1. The number of likely N-dealkylation sites (tertiary alicyclic amines) is 1. The Morgan fingerprint density at radius 3 is 2.58 bits per heavy atom. The highest BCUT2D eigenvalue weighted by molar-refractivity contribution is 7.12. The SMILES string of the molecule is CCOc1cc(C(=O)N2CCC3(CC2)CC(=O)c2nc(C(C)(C)C)sc2C3)cc2c(CO)nn(C)c12. The monoisotopic (exact) mass is 510 g/mol. The highest BCUT2D eigenvalue weighted by Gasteiger charge is 2.44. The summed E-state index contributed by atoms with van der Waals surface area (Å²) in [7, 11) is 1.81. The van der Waals surface area contributed by atoms with Crippen molar-refractivity contribution in [2.45, 2.75) is 65.4 Å². The standard InChI is InChI=1S/C27H34N4O4S/c1-6-35-20-12-16(11-17-18(15-32)29-30(5)23(17)20)24(34)31-9-7-27(8-10-31)13-19(33)22-21(14-27)36-25(28-22)26(2,3)4/h11-12,32H,6-10,13-15H2,1-5H3. The lowest BCUT2D eigenvalue weighted by Crippen LogP contribution is -2.46. The van der Waals surface area contributed by atoms with Crippen molar-refractivity contribution in [3.8, 4) is 5.75 Å². The number of nitrogens with zero attached hydrogens (tertiary/aromatic N) is 4. The van der Waals surface area contributed by atoms with Gasteiger partial charge in [0.05, 0.1) is 23.9 Å². The number of aliphatic hydroxyl groups excluding tert-OH is 1. The Labute approximate surface area is 215 Å². The van der Waals surface area contributed by atoms with Crippen molar-refractivity contribution < 1.29 is 19.4 Å². The molecule has 5 rings (SSSR count). The number of carbonyl (C=O) groups is 2. The van der Waals surface area contributed by atoms with E-state index in [9.17, 15) is 14.7 Å². The Morgan fingerprint density at radius 1 is 1.22 bits per heavy atom. The van der Waals surface area contributed by atoms with Crippen molar-refractivity contribution in [3.05, 3.63) is 39.0 Å². The molecule has 1 aliphatic heterocycles. The molecule has 192 valence electrons. The summed E-state index contributed by atoms with van der Waals surface area (Å²) < 4.78 is 7.53. The van der Waals surface area contributed by atoms with Crippen LogP contribution in [0, 0.1) is 5.41 Å². The fourth-order valence-electron chi connectivity index (χ4n) is 5.51. The van der Waals surface area contributed by atoms with Gasteiger partial charge in [-0.25, -0.2) is 4.98 Å². The molecule has 1 amide bonds. The molecule has 8 nitrogen and oxygen atoms in total. The zero-order valence-corrected chi connectivity index (χ0v) is 22.5. The molecular weight excluding hydrogens is 476 g/mol. The number of carbonyl (C=O) groups excluding carboxylic acids is 2. The number of aryl methyl sites for hydroxylation is 1. The number of Topliss-reactive ketones (excluding diaryl/α,β-unsaturated/α-hetero) is 1. The summed E-state index contributed by atoms with van der Waals surface area (Å²) in [6.45, 7) is 9.75. The second kappa shape index (κ2) is 8.95. The van der Waals surface area contributed by atoms with Crippen LogP contribution in [0.3, 0.4) is 0 Å². The zero-order chi connectivity index (χ0) is 25.8. The van der Waals surface area contributed by atoms with Gasteiger partial charge in [0.2, 0.25) is 0 Å². The van der Waals surface area contributed by atoms with Gasteiger partial charge in [-0.1, -0.05) is 20.8 Å². The van der Waals surface area contributed by atoms with Crippen LogP contribution in [-0.2, 0) is 25.5 Å². The van der Waals surface area contributed by atoms with E-state index < -0.39 is 0 Å². The van der Waals surface area contributed by atoms with Gasteiger partial charge in [-0.2, -0.15) is 5.10 Å². The fourth-order valence-corrected chi connectivity index (χ4v) is 6.82. The molecular formula is C27H34N4O4S. The number of aliphatic hydroxyl groups is 1. The summed E-state index contributed by atoms with van der Waals surface area (Å²) >= 11 is 1.68.